The first-order valence-corrected chi connectivity index (χ1v) is 6.77. The van der Waals surface area contributed by atoms with Crippen LogP contribution in [0.25, 0.3) is 0 Å². The van der Waals surface area contributed by atoms with E-state index in [4.69, 9.17) is 5.11 Å². The molecule has 0 saturated heterocycles. The third kappa shape index (κ3) is 3.63. The second-order valence-electron chi connectivity index (χ2n) is 4.06. The molecule has 0 fully saturated rings. The third-order valence-corrected chi connectivity index (χ3v) is 3.06. The van der Waals surface area contributed by atoms with Gasteiger partial charge < -0.3 is 10.4 Å². The summed E-state index contributed by atoms with van der Waals surface area (Å²) in [6.45, 7) is 1.94. The Balaban J connectivity index is 2.26. The number of aliphatic hydroxyl groups excluding tert-OH is 1. The zero-order valence-electron chi connectivity index (χ0n) is 10.9. The average Bonchev–Trinajstić information content (AvgIpc) is 2.92. The maximum Gasteiger partial charge on any atom is 0.257 e. The molecular weight excluding hydrogens is 274 g/mol. The Kier molecular flexibility index (Phi) is 4.82. The van der Waals surface area contributed by atoms with Crippen molar-refractivity contribution in [1.82, 2.24) is 9.59 Å². The van der Waals surface area contributed by atoms with Gasteiger partial charge in [0, 0.05) is 23.5 Å². The zero-order chi connectivity index (χ0) is 14.4. The van der Waals surface area contributed by atoms with E-state index in [0.29, 0.717) is 22.5 Å². The second kappa shape index (κ2) is 6.80. The fraction of sp³-hybridized carbons (Fsp3) is 0.214. The van der Waals surface area contributed by atoms with Gasteiger partial charge in [-0.15, -0.1) is 5.10 Å². The molecule has 20 heavy (non-hydrogen) atoms. The molecule has 0 unspecified atom stereocenters. The fourth-order valence-corrected chi connectivity index (χ4v) is 1.99. The Morgan fingerprint density at radius 1 is 1.50 bits per heavy atom. The van der Waals surface area contributed by atoms with E-state index >= 15 is 0 Å². The van der Waals surface area contributed by atoms with Gasteiger partial charge in [0.05, 0.1) is 18.4 Å². The summed E-state index contributed by atoms with van der Waals surface area (Å²) in [4.78, 5) is 12.2. The fourth-order valence-electron chi connectivity index (χ4n) is 1.57. The molecule has 1 amide bonds. The number of hydrogen-bond donors (Lipinski definition) is 2. The van der Waals surface area contributed by atoms with Crippen LogP contribution in [0.3, 0.4) is 0 Å². The van der Waals surface area contributed by atoms with Crippen molar-refractivity contribution in [3.8, 4) is 11.8 Å². The van der Waals surface area contributed by atoms with Crippen molar-refractivity contribution in [2.24, 2.45) is 0 Å². The van der Waals surface area contributed by atoms with Crippen LogP contribution in [-0.4, -0.2) is 27.2 Å². The molecule has 0 aliphatic carbocycles. The first kappa shape index (κ1) is 14.2. The number of benzene rings is 1. The highest BCUT2D eigenvalue weighted by Crippen LogP contribution is 2.15. The second-order valence-corrected chi connectivity index (χ2v) is 4.85. The van der Waals surface area contributed by atoms with Crippen LogP contribution in [-0.2, 0) is 0 Å². The van der Waals surface area contributed by atoms with Crippen LogP contribution >= 0.6 is 11.5 Å². The maximum absolute atomic E-state index is 12.2. The molecule has 1 aromatic heterocycles. The lowest BCUT2D eigenvalue weighted by Crippen LogP contribution is -2.12. The first-order valence-electron chi connectivity index (χ1n) is 6.00. The summed E-state index contributed by atoms with van der Waals surface area (Å²) < 4.78 is 3.69. The number of aromatic nitrogens is 2. The topological polar surface area (TPSA) is 75.1 Å². The summed E-state index contributed by atoms with van der Waals surface area (Å²) in [5.74, 6) is 5.50. The highest BCUT2D eigenvalue weighted by Gasteiger charge is 2.11. The van der Waals surface area contributed by atoms with Crippen LogP contribution in [0.2, 0.25) is 0 Å². The van der Waals surface area contributed by atoms with Gasteiger partial charge in [0.15, 0.2) is 0 Å². The Labute approximate surface area is 120 Å². The van der Waals surface area contributed by atoms with Crippen molar-refractivity contribution in [3.63, 3.8) is 0 Å². The minimum atomic E-state index is -0.246. The molecule has 2 aromatic rings. The molecule has 0 saturated carbocycles. The molecule has 5 nitrogen and oxygen atoms in total. The van der Waals surface area contributed by atoms with Gasteiger partial charge in [0.1, 0.15) is 5.00 Å². The number of amides is 1. The van der Waals surface area contributed by atoms with Gasteiger partial charge in [-0.1, -0.05) is 22.4 Å². The molecule has 0 atom stereocenters. The van der Waals surface area contributed by atoms with Gasteiger partial charge in [-0.2, -0.15) is 0 Å². The quantitative estimate of drug-likeness (QED) is 0.845. The first-order chi connectivity index (χ1) is 9.70. The molecule has 0 aliphatic rings. The number of nitrogens with zero attached hydrogens (tertiary/aromatic N) is 2. The monoisotopic (exact) mass is 287 g/mol. The van der Waals surface area contributed by atoms with Gasteiger partial charge in [0.2, 0.25) is 0 Å². The van der Waals surface area contributed by atoms with Gasteiger partial charge in [-0.3, -0.25) is 4.79 Å². The third-order valence-electron chi connectivity index (χ3n) is 2.48. The van der Waals surface area contributed by atoms with Crippen LogP contribution < -0.4 is 5.32 Å². The predicted molar refractivity (Wildman–Crippen MR) is 77.6 cm³/mol. The largest absolute Gasteiger partial charge is 0.395 e. The van der Waals surface area contributed by atoms with E-state index in [9.17, 15) is 4.79 Å². The van der Waals surface area contributed by atoms with Crippen LogP contribution in [0.4, 0.5) is 5.00 Å². The Morgan fingerprint density at radius 2 is 2.35 bits per heavy atom. The molecule has 2 rings (SSSR count). The lowest BCUT2D eigenvalue weighted by molar-refractivity contribution is 0.102. The van der Waals surface area contributed by atoms with E-state index in [1.807, 2.05) is 19.1 Å². The summed E-state index contributed by atoms with van der Waals surface area (Å²) in [7, 11) is 0. The number of carbonyl (C=O) groups is 1. The lowest BCUT2D eigenvalue weighted by atomic mass is 10.0. The smallest absolute Gasteiger partial charge is 0.257 e. The summed E-state index contributed by atoms with van der Waals surface area (Å²) in [5.41, 5.74) is 2.16. The summed E-state index contributed by atoms with van der Waals surface area (Å²) in [5, 5.41) is 15.7. The van der Waals surface area contributed by atoms with Crippen molar-refractivity contribution in [2.45, 2.75) is 13.3 Å². The summed E-state index contributed by atoms with van der Waals surface area (Å²) in [6.07, 6.45) is 1.88. The number of anilines is 1. The molecule has 6 heteroatoms. The van der Waals surface area contributed by atoms with Gasteiger partial charge >= 0.3 is 0 Å². The number of hydrogen-bond acceptors (Lipinski definition) is 5. The molecule has 102 valence electrons. The minimum Gasteiger partial charge on any atom is -0.395 e. The molecule has 1 aromatic carbocycles. The lowest BCUT2D eigenvalue weighted by Gasteiger charge is -2.05. The molecule has 1 heterocycles. The van der Waals surface area contributed by atoms with E-state index in [1.165, 1.54) is 6.20 Å². The van der Waals surface area contributed by atoms with Crippen molar-refractivity contribution in [3.05, 3.63) is 41.1 Å². The molecule has 0 bridgehead atoms. The van der Waals surface area contributed by atoms with Crippen LogP contribution in [0, 0.1) is 18.8 Å². The zero-order valence-corrected chi connectivity index (χ0v) is 11.7. The van der Waals surface area contributed by atoms with Gasteiger partial charge in [-0.05, 0) is 24.6 Å². The molecule has 0 aliphatic heterocycles. The average molecular weight is 287 g/mol. The molecule has 0 spiro atoms. The Hall–Kier alpha value is -2.23. The summed E-state index contributed by atoms with van der Waals surface area (Å²) >= 11 is 1.11. The van der Waals surface area contributed by atoms with Crippen molar-refractivity contribution in [2.75, 3.05) is 11.9 Å². The number of nitrogens with one attached hydrogen (secondary N) is 1. The van der Waals surface area contributed by atoms with Crippen molar-refractivity contribution >= 4 is 22.4 Å². The standard InChI is InChI=1S/C14H13N3O2S/c1-10-5-6-12(11(8-10)4-2-3-7-18)14(19)16-13-9-15-17-20-13/h5-6,8-9,18H,3,7H2,1H3,(H,16,19). The molecular formula is C14H13N3O2S. The highest BCUT2D eigenvalue weighted by atomic mass is 32.1. The highest BCUT2D eigenvalue weighted by molar-refractivity contribution is 7.10. The number of rotatable bonds is 3. The maximum atomic E-state index is 12.2. The van der Waals surface area contributed by atoms with Crippen molar-refractivity contribution < 1.29 is 9.90 Å². The molecule has 0 radical (unpaired) electrons. The van der Waals surface area contributed by atoms with E-state index < -0.39 is 0 Å². The van der Waals surface area contributed by atoms with Gasteiger partial charge in [-0.25, -0.2) is 0 Å². The van der Waals surface area contributed by atoms with Gasteiger partial charge in [0.25, 0.3) is 5.91 Å². The van der Waals surface area contributed by atoms with E-state index in [2.05, 4.69) is 26.7 Å². The predicted octanol–water partition coefficient (Wildman–Crippen LogP) is 1.83. The van der Waals surface area contributed by atoms with E-state index in [-0.39, 0.29) is 12.5 Å². The minimum absolute atomic E-state index is 0.00683. The van der Waals surface area contributed by atoms with Crippen LogP contribution in [0.1, 0.15) is 27.9 Å². The normalized spacial score (nSPS) is 9.70. The Morgan fingerprint density at radius 3 is 3.05 bits per heavy atom. The molecule has 2 N–H and O–H groups in total. The van der Waals surface area contributed by atoms with E-state index in [1.54, 1.807) is 6.07 Å². The number of aryl methyl sites for hydroxylation is 1. The Bertz CT molecular complexity index is 657. The number of carbonyl (C=O) groups excluding carboxylic acids is 1. The summed E-state index contributed by atoms with van der Waals surface area (Å²) in [6, 6.07) is 5.45. The SMILES string of the molecule is Cc1ccc(C(=O)Nc2cnns2)c(C#CCCO)c1. The van der Waals surface area contributed by atoms with Crippen LogP contribution in [0.15, 0.2) is 24.4 Å². The van der Waals surface area contributed by atoms with Crippen LogP contribution in [0.5, 0.6) is 0 Å². The van der Waals surface area contributed by atoms with E-state index in [0.717, 1.165) is 17.1 Å². The number of aliphatic hydroxyl groups is 1. The van der Waals surface area contributed by atoms with Crippen molar-refractivity contribution in [1.29, 1.82) is 0 Å².